The highest BCUT2D eigenvalue weighted by Gasteiger charge is 2.09. The largest absolute Gasteiger partial charge is 0.504 e. The van der Waals surface area contributed by atoms with Crippen LogP contribution >= 0.6 is 0 Å². The zero-order valence-electron chi connectivity index (χ0n) is 15.5. The number of hydrogen-bond acceptors (Lipinski definition) is 6. The molecule has 0 radical (unpaired) electrons. The fraction of sp³-hybridized carbons (Fsp3) is 0.136. The lowest BCUT2D eigenvalue weighted by atomic mass is 10.1. The summed E-state index contributed by atoms with van der Waals surface area (Å²) in [6.07, 6.45) is 2.98. The van der Waals surface area contributed by atoms with Crippen molar-refractivity contribution in [2.24, 2.45) is 0 Å². The van der Waals surface area contributed by atoms with E-state index in [2.05, 4.69) is 0 Å². The van der Waals surface area contributed by atoms with Gasteiger partial charge in [0.05, 0.1) is 14.2 Å². The monoisotopic (exact) mass is 380 g/mol. The predicted octanol–water partition coefficient (Wildman–Crippen LogP) is 4.48. The SMILES string of the molecule is COc1cc(C(=O)/C=C/c2ccc(COc3ccccc3OC)o2)ccc1O. The molecular weight excluding hydrogens is 360 g/mol. The Balaban J connectivity index is 1.63. The van der Waals surface area contributed by atoms with Crippen molar-refractivity contribution in [3.8, 4) is 23.0 Å². The molecule has 1 N–H and O–H groups in total. The first-order valence-corrected chi connectivity index (χ1v) is 8.54. The van der Waals surface area contributed by atoms with Gasteiger partial charge in [-0.15, -0.1) is 0 Å². The van der Waals surface area contributed by atoms with Crippen LogP contribution < -0.4 is 14.2 Å². The molecule has 0 aliphatic carbocycles. The summed E-state index contributed by atoms with van der Waals surface area (Å²) >= 11 is 0. The number of ketones is 1. The molecule has 0 aliphatic heterocycles. The minimum atomic E-state index is -0.235. The van der Waals surface area contributed by atoms with Gasteiger partial charge in [0, 0.05) is 5.56 Å². The molecule has 3 rings (SSSR count). The molecule has 2 aromatic carbocycles. The highest BCUT2D eigenvalue weighted by Crippen LogP contribution is 2.28. The lowest BCUT2D eigenvalue weighted by molar-refractivity contribution is 0.104. The number of allylic oxidation sites excluding steroid dienone is 1. The summed E-state index contributed by atoms with van der Waals surface area (Å²) in [7, 11) is 3.01. The molecule has 0 saturated carbocycles. The van der Waals surface area contributed by atoms with E-state index in [1.54, 1.807) is 25.3 Å². The molecule has 6 nitrogen and oxygen atoms in total. The standard InChI is InChI=1S/C22H20O6/c1-25-20-5-3-4-6-21(20)27-14-17-9-8-16(28-17)10-12-18(23)15-7-11-19(24)22(13-15)26-2/h3-13,24H,14H2,1-2H3/b12-10+. The van der Waals surface area contributed by atoms with Gasteiger partial charge in [-0.05, 0) is 54.6 Å². The van der Waals surface area contributed by atoms with Crippen molar-refractivity contribution < 1.29 is 28.5 Å². The quantitative estimate of drug-likeness (QED) is 0.459. The number of ether oxygens (including phenoxy) is 3. The molecule has 0 fully saturated rings. The number of carbonyl (C=O) groups is 1. The normalized spacial score (nSPS) is 10.8. The molecule has 6 heteroatoms. The Morgan fingerprint density at radius 1 is 1.00 bits per heavy atom. The van der Waals surface area contributed by atoms with Gasteiger partial charge in [0.2, 0.25) is 0 Å². The minimum absolute atomic E-state index is 0.0197. The number of phenolic OH excluding ortho intramolecular Hbond substituents is 1. The van der Waals surface area contributed by atoms with Gasteiger partial charge in [0.15, 0.2) is 28.8 Å². The first kappa shape index (κ1) is 19.1. The Hall–Kier alpha value is -3.67. The Labute approximate surface area is 162 Å². The molecule has 144 valence electrons. The molecule has 0 saturated heterocycles. The second-order valence-electron chi connectivity index (χ2n) is 5.83. The average molecular weight is 380 g/mol. The molecular formula is C22H20O6. The number of phenols is 1. The van der Waals surface area contributed by atoms with Crippen molar-refractivity contribution in [3.05, 3.63) is 77.8 Å². The van der Waals surface area contributed by atoms with E-state index in [9.17, 15) is 9.90 Å². The van der Waals surface area contributed by atoms with E-state index in [0.717, 1.165) is 0 Å². The van der Waals surface area contributed by atoms with E-state index in [1.165, 1.54) is 31.4 Å². The molecule has 1 aromatic heterocycles. The lowest BCUT2D eigenvalue weighted by Gasteiger charge is -2.08. The van der Waals surface area contributed by atoms with Crippen LogP contribution in [0.4, 0.5) is 0 Å². The van der Waals surface area contributed by atoms with Crippen LogP contribution in [0.15, 0.2) is 65.1 Å². The molecule has 0 atom stereocenters. The third-order valence-corrected chi connectivity index (χ3v) is 3.98. The predicted molar refractivity (Wildman–Crippen MR) is 104 cm³/mol. The van der Waals surface area contributed by atoms with Gasteiger partial charge in [-0.25, -0.2) is 0 Å². The average Bonchev–Trinajstić information content (AvgIpc) is 3.19. The molecule has 0 spiro atoms. The maximum Gasteiger partial charge on any atom is 0.186 e. The lowest BCUT2D eigenvalue weighted by Crippen LogP contribution is -1.96. The summed E-state index contributed by atoms with van der Waals surface area (Å²) in [5.41, 5.74) is 0.400. The number of aromatic hydroxyl groups is 1. The molecule has 0 bridgehead atoms. The van der Waals surface area contributed by atoms with E-state index in [4.69, 9.17) is 18.6 Å². The summed E-state index contributed by atoms with van der Waals surface area (Å²) < 4.78 is 21.6. The van der Waals surface area contributed by atoms with E-state index in [-0.39, 0.29) is 23.9 Å². The molecule has 0 unspecified atom stereocenters. The summed E-state index contributed by atoms with van der Waals surface area (Å²) in [5, 5.41) is 9.60. The van der Waals surface area contributed by atoms with Gasteiger partial charge in [0.1, 0.15) is 18.1 Å². The van der Waals surface area contributed by atoms with Gasteiger partial charge >= 0.3 is 0 Å². The molecule has 3 aromatic rings. The fourth-order valence-corrected chi connectivity index (χ4v) is 2.53. The van der Waals surface area contributed by atoms with E-state index in [1.807, 2.05) is 24.3 Å². The molecule has 0 aliphatic rings. The van der Waals surface area contributed by atoms with E-state index < -0.39 is 0 Å². The number of para-hydroxylation sites is 2. The molecule has 1 heterocycles. The van der Waals surface area contributed by atoms with Crippen LogP contribution in [0.3, 0.4) is 0 Å². The zero-order valence-corrected chi connectivity index (χ0v) is 15.5. The van der Waals surface area contributed by atoms with Crippen molar-refractivity contribution in [1.82, 2.24) is 0 Å². The van der Waals surface area contributed by atoms with Gasteiger partial charge in [-0.3, -0.25) is 4.79 Å². The van der Waals surface area contributed by atoms with Crippen LogP contribution in [-0.2, 0) is 6.61 Å². The van der Waals surface area contributed by atoms with Gasteiger partial charge < -0.3 is 23.7 Å². The molecule has 0 amide bonds. The van der Waals surface area contributed by atoms with Crippen molar-refractivity contribution in [1.29, 1.82) is 0 Å². The summed E-state index contributed by atoms with van der Waals surface area (Å²) in [4.78, 5) is 12.3. The summed E-state index contributed by atoms with van der Waals surface area (Å²) in [5.74, 6) is 2.39. The van der Waals surface area contributed by atoms with Gasteiger partial charge in [-0.2, -0.15) is 0 Å². The molecule has 28 heavy (non-hydrogen) atoms. The van der Waals surface area contributed by atoms with Crippen LogP contribution in [0.5, 0.6) is 23.0 Å². The highest BCUT2D eigenvalue weighted by molar-refractivity contribution is 6.07. The summed E-state index contributed by atoms with van der Waals surface area (Å²) in [6, 6.07) is 15.3. The van der Waals surface area contributed by atoms with Crippen molar-refractivity contribution in [2.45, 2.75) is 6.61 Å². The Morgan fingerprint density at radius 2 is 1.75 bits per heavy atom. The van der Waals surface area contributed by atoms with E-state index >= 15 is 0 Å². The zero-order chi connectivity index (χ0) is 19.9. The van der Waals surface area contributed by atoms with Gasteiger partial charge in [-0.1, -0.05) is 12.1 Å². The van der Waals surface area contributed by atoms with Crippen molar-refractivity contribution >= 4 is 11.9 Å². The fourth-order valence-electron chi connectivity index (χ4n) is 2.53. The number of benzene rings is 2. The van der Waals surface area contributed by atoms with E-state index in [0.29, 0.717) is 28.6 Å². The van der Waals surface area contributed by atoms with Crippen molar-refractivity contribution in [3.63, 3.8) is 0 Å². The second kappa shape index (κ2) is 8.81. The third-order valence-electron chi connectivity index (χ3n) is 3.98. The highest BCUT2D eigenvalue weighted by atomic mass is 16.5. The first-order chi connectivity index (χ1) is 13.6. The van der Waals surface area contributed by atoms with Crippen LogP contribution in [0.25, 0.3) is 6.08 Å². The maximum absolute atomic E-state index is 12.3. The van der Waals surface area contributed by atoms with Crippen LogP contribution in [-0.4, -0.2) is 25.1 Å². The third kappa shape index (κ3) is 4.54. The second-order valence-corrected chi connectivity index (χ2v) is 5.83. The number of methoxy groups -OCH3 is 2. The number of furan rings is 1. The smallest absolute Gasteiger partial charge is 0.186 e. The van der Waals surface area contributed by atoms with Crippen LogP contribution in [0.1, 0.15) is 21.9 Å². The van der Waals surface area contributed by atoms with Crippen LogP contribution in [0.2, 0.25) is 0 Å². The van der Waals surface area contributed by atoms with Gasteiger partial charge in [0.25, 0.3) is 0 Å². The van der Waals surface area contributed by atoms with Crippen LogP contribution in [0, 0.1) is 0 Å². The Morgan fingerprint density at radius 3 is 2.50 bits per heavy atom. The maximum atomic E-state index is 12.3. The summed E-state index contributed by atoms with van der Waals surface area (Å²) in [6.45, 7) is 0.233. The topological polar surface area (TPSA) is 78.1 Å². The first-order valence-electron chi connectivity index (χ1n) is 8.54. The number of hydrogen-bond donors (Lipinski definition) is 1. The Kier molecular flexibility index (Phi) is 6.01. The number of rotatable bonds is 8. The Bertz CT molecular complexity index is 986. The minimum Gasteiger partial charge on any atom is -0.504 e. The number of carbonyl (C=O) groups excluding carboxylic acids is 1. The van der Waals surface area contributed by atoms with Crippen molar-refractivity contribution in [2.75, 3.05) is 14.2 Å².